The van der Waals surface area contributed by atoms with Crippen molar-refractivity contribution in [1.29, 1.82) is 0 Å². The Morgan fingerprint density at radius 3 is 2.95 bits per heavy atom. The van der Waals surface area contributed by atoms with Crippen molar-refractivity contribution in [3.8, 4) is 0 Å². The van der Waals surface area contributed by atoms with Crippen molar-refractivity contribution in [3.05, 3.63) is 42.0 Å². The van der Waals surface area contributed by atoms with Crippen molar-refractivity contribution in [2.24, 2.45) is 11.8 Å². The molecule has 1 N–H and O–H groups in total. The lowest BCUT2D eigenvalue weighted by atomic mass is 9.87. The highest BCUT2D eigenvalue weighted by atomic mass is 15.3. The van der Waals surface area contributed by atoms with Gasteiger partial charge in [0.2, 0.25) is 0 Å². The summed E-state index contributed by atoms with van der Waals surface area (Å²) >= 11 is 0. The first kappa shape index (κ1) is 14.1. The Hall–Kier alpha value is -1.84. The smallest absolute Gasteiger partial charge is 0.138 e. The number of aromatic nitrogens is 3. The second-order valence-corrected chi connectivity index (χ2v) is 6.55. The highest BCUT2D eigenvalue weighted by Crippen LogP contribution is 2.29. The summed E-state index contributed by atoms with van der Waals surface area (Å²) in [6.45, 7) is 7.68. The number of hydrogen-bond acceptors (Lipinski definition) is 3. The van der Waals surface area contributed by atoms with E-state index in [0.29, 0.717) is 17.9 Å². The molecule has 112 valence electrons. The fourth-order valence-electron chi connectivity index (χ4n) is 3.06. The number of rotatable bonds is 4. The van der Waals surface area contributed by atoms with Gasteiger partial charge >= 0.3 is 0 Å². The van der Waals surface area contributed by atoms with Crippen LogP contribution < -0.4 is 5.32 Å². The van der Waals surface area contributed by atoms with Gasteiger partial charge in [-0.25, -0.2) is 9.67 Å². The van der Waals surface area contributed by atoms with E-state index in [1.807, 2.05) is 0 Å². The maximum absolute atomic E-state index is 4.47. The Morgan fingerprint density at radius 2 is 2.14 bits per heavy atom. The summed E-state index contributed by atoms with van der Waals surface area (Å²) < 4.78 is 2.06. The fraction of sp³-hybridized carbons (Fsp3) is 0.529. The monoisotopic (exact) mass is 284 g/mol. The van der Waals surface area contributed by atoms with E-state index in [9.17, 15) is 0 Å². The molecule has 0 fully saturated rings. The SMILES string of the molecule is CC(C)Cn1ncnc1CC1Nc2ccccc2CC1C. The predicted molar refractivity (Wildman–Crippen MR) is 85.3 cm³/mol. The number of nitrogens with zero attached hydrogens (tertiary/aromatic N) is 3. The number of fused-ring (bicyclic) bond motifs is 1. The first-order valence-corrected chi connectivity index (χ1v) is 7.84. The topological polar surface area (TPSA) is 42.7 Å². The molecule has 1 aliphatic rings. The molecule has 2 aromatic rings. The average molecular weight is 284 g/mol. The molecule has 4 nitrogen and oxygen atoms in total. The fourth-order valence-corrected chi connectivity index (χ4v) is 3.06. The maximum Gasteiger partial charge on any atom is 0.138 e. The zero-order valence-electron chi connectivity index (χ0n) is 13.1. The van der Waals surface area contributed by atoms with Crippen molar-refractivity contribution in [2.45, 2.75) is 46.2 Å². The van der Waals surface area contributed by atoms with Gasteiger partial charge in [-0.15, -0.1) is 0 Å². The Balaban J connectivity index is 1.75. The molecule has 0 bridgehead atoms. The second-order valence-electron chi connectivity index (χ2n) is 6.55. The Kier molecular flexibility index (Phi) is 3.95. The molecular formula is C17H24N4. The quantitative estimate of drug-likeness (QED) is 0.938. The van der Waals surface area contributed by atoms with Crippen LogP contribution in [0.5, 0.6) is 0 Å². The zero-order valence-corrected chi connectivity index (χ0v) is 13.1. The van der Waals surface area contributed by atoms with Gasteiger partial charge in [0.05, 0.1) is 0 Å². The number of nitrogens with one attached hydrogen (secondary N) is 1. The highest BCUT2D eigenvalue weighted by molar-refractivity contribution is 5.54. The first-order chi connectivity index (χ1) is 10.1. The Bertz CT molecular complexity index is 602. The van der Waals surface area contributed by atoms with Gasteiger partial charge in [0.1, 0.15) is 12.2 Å². The molecule has 1 aromatic heterocycles. The molecule has 0 spiro atoms. The van der Waals surface area contributed by atoms with E-state index in [1.165, 1.54) is 11.3 Å². The van der Waals surface area contributed by atoms with Crippen LogP contribution in [0, 0.1) is 11.8 Å². The molecule has 21 heavy (non-hydrogen) atoms. The van der Waals surface area contributed by atoms with Crippen LogP contribution in [-0.4, -0.2) is 20.8 Å². The number of hydrogen-bond donors (Lipinski definition) is 1. The van der Waals surface area contributed by atoms with Gasteiger partial charge in [0.25, 0.3) is 0 Å². The van der Waals surface area contributed by atoms with E-state index in [2.05, 4.69) is 65.1 Å². The minimum absolute atomic E-state index is 0.426. The molecule has 3 rings (SSSR count). The van der Waals surface area contributed by atoms with E-state index in [1.54, 1.807) is 6.33 Å². The van der Waals surface area contributed by atoms with Crippen LogP contribution in [0.1, 0.15) is 32.2 Å². The molecule has 1 aromatic carbocycles. The summed E-state index contributed by atoms with van der Waals surface area (Å²) in [5.41, 5.74) is 2.69. The lowest BCUT2D eigenvalue weighted by molar-refractivity contribution is 0.423. The molecular weight excluding hydrogens is 260 g/mol. The van der Waals surface area contributed by atoms with E-state index in [0.717, 1.165) is 25.2 Å². The van der Waals surface area contributed by atoms with Crippen LogP contribution in [-0.2, 0) is 19.4 Å². The standard InChI is InChI=1S/C17H24N4/c1-12(2)10-21-17(18-11-19-21)9-16-13(3)8-14-6-4-5-7-15(14)20-16/h4-7,11-13,16,20H,8-10H2,1-3H3. The van der Waals surface area contributed by atoms with Crippen molar-refractivity contribution in [3.63, 3.8) is 0 Å². The summed E-state index contributed by atoms with van der Waals surface area (Å²) in [5.74, 6) is 2.28. The van der Waals surface area contributed by atoms with Gasteiger partial charge in [0.15, 0.2) is 0 Å². The second kappa shape index (κ2) is 5.88. The minimum Gasteiger partial charge on any atom is -0.381 e. The lowest BCUT2D eigenvalue weighted by Crippen LogP contribution is -2.36. The predicted octanol–water partition coefficient (Wildman–Crippen LogP) is 3.15. The van der Waals surface area contributed by atoms with E-state index in [-0.39, 0.29) is 0 Å². The van der Waals surface area contributed by atoms with Crippen molar-refractivity contribution in [2.75, 3.05) is 5.32 Å². The van der Waals surface area contributed by atoms with Crippen LogP contribution >= 0.6 is 0 Å². The van der Waals surface area contributed by atoms with E-state index in [4.69, 9.17) is 0 Å². The molecule has 0 saturated carbocycles. The molecule has 1 aliphatic heterocycles. The number of benzene rings is 1. The summed E-state index contributed by atoms with van der Waals surface area (Å²) in [6, 6.07) is 9.03. The molecule has 2 unspecified atom stereocenters. The Morgan fingerprint density at radius 1 is 1.33 bits per heavy atom. The van der Waals surface area contributed by atoms with E-state index < -0.39 is 0 Å². The van der Waals surface area contributed by atoms with Crippen molar-refractivity contribution in [1.82, 2.24) is 14.8 Å². The van der Waals surface area contributed by atoms with Crippen LogP contribution in [0.4, 0.5) is 5.69 Å². The third-order valence-corrected chi connectivity index (χ3v) is 4.22. The number of para-hydroxylation sites is 1. The molecule has 2 heterocycles. The van der Waals surface area contributed by atoms with Crippen LogP contribution in [0.2, 0.25) is 0 Å². The average Bonchev–Trinajstić information content (AvgIpc) is 2.86. The van der Waals surface area contributed by atoms with Gasteiger partial charge in [-0.2, -0.15) is 5.10 Å². The summed E-state index contributed by atoms with van der Waals surface area (Å²) in [4.78, 5) is 4.47. The maximum atomic E-state index is 4.47. The first-order valence-electron chi connectivity index (χ1n) is 7.84. The third kappa shape index (κ3) is 3.09. The summed E-state index contributed by atoms with van der Waals surface area (Å²) in [5, 5.41) is 8.05. The van der Waals surface area contributed by atoms with Gasteiger partial charge in [-0.1, -0.05) is 39.0 Å². The van der Waals surface area contributed by atoms with Crippen LogP contribution in [0.25, 0.3) is 0 Å². The van der Waals surface area contributed by atoms with E-state index >= 15 is 0 Å². The van der Waals surface area contributed by atoms with Crippen molar-refractivity contribution >= 4 is 5.69 Å². The lowest BCUT2D eigenvalue weighted by Gasteiger charge is -2.32. The highest BCUT2D eigenvalue weighted by Gasteiger charge is 2.26. The zero-order chi connectivity index (χ0) is 14.8. The third-order valence-electron chi connectivity index (χ3n) is 4.22. The molecule has 2 atom stereocenters. The Labute approximate surface area is 126 Å². The van der Waals surface area contributed by atoms with Gasteiger partial charge in [-0.05, 0) is 29.9 Å². The van der Waals surface area contributed by atoms with Gasteiger partial charge < -0.3 is 5.32 Å². The van der Waals surface area contributed by atoms with Crippen molar-refractivity contribution < 1.29 is 0 Å². The molecule has 0 saturated heterocycles. The largest absolute Gasteiger partial charge is 0.381 e. The molecule has 4 heteroatoms. The van der Waals surface area contributed by atoms with Crippen LogP contribution in [0.3, 0.4) is 0 Å². The molecule has 0 aliphatic carbocycles. The van der Waals surface area contributed by atoms with Crippen LogP contribution in [0.15, 0.2) is 30.6 Å². The summed E-state index contributed by atoms with van der Waals surface area (Å²) in [6.07, 6.45) is 3.74. The molecule has 0 radical (unpaired) electrons. The summed E-state index contributed by atoms with van der Waals surface area (Å²) in [7, 11) is 0. The number of anilines is 1. The normalized spacial score (nSPS) is 21.1. The molecule has 0 amide bonds. The minimum atomic E-state index is 0.426. The van der Waals surface area contributed by atoms with Gasteiger partial charge in [0, 0.05) is 24.7 Å². The van der Waals surface area contributed by atoms with Gasteiger partial charge in [-0.3, -0.25) is 0 Å².